The number of rotatable bonds is 65. The molecule has 0 aromatic rings. The molecular formula is C76H134NO8+. The number of likely N-dealkylation sites (N-methyl/N-ethyl adjacent to an activating group) is 1. The third-order valence-corrected chi connectivity index (χ3v) is 15.4. The third-order valence-electron chi connectivity index (χ3n) is 15.4. The number of esters is 2. The fourth-order valence-electron chi connectivity index (χ4n) is 9.97. The van der Waals surface area contributed by atoms with Gasteiger partial charge < -0.3 is 28.5 Å². The van der Waals surface area contributed by atoms with Gasteiger partial charge in [-0.2, -0.15) is 0 Å². The summed E-state index contributed by atoms with van der Waals surface area (Å²) in [6, 6.07) is 0. The molecule has 2 atom stereocenters. The largest absolute Gasteiger partial charge is 0.477 e. The third kappa shape index (κ3) is 67.6. The average molecular weight is 1190 g/mol. The molecule has 0 aliphatic rings. The summed E-state index contributed by atoms with van der Waals surface area (Å²) in [6.45, 7) is 4.78. The molecular weight excluding hydrogens is 1050 g/mol. The number of carboxylic acids is 1. The number of quaternary nitrogens is 1. The lowest BCUT2D eigenvalue weighted by Gasteiger charge is -2.25. The maximum atomic E-state index is 12.9. The van der Waals surface area contributed by atoms with Crippen LogP contribution in [0.4, 0.5) is 0 Å². The van der Waals surface area contributed by atoms with Gasteiger partial charge in [0.15, 0.2) is 6.10 Å². The smallest absolute Gasteiger partial charge is 0.361 e. The number of carbonyl (C=O) groups is 3. The van der Waals surface area contributed by atoms with Crippen molar-refractivity contribution in [3.8, 4) is 0 Å². The van der Waals surface area contributed by atoms with Crippen LogP contribution in [0.2, 0.25) is 0 Å². The Balaban J connectivity index is 4.16. The summed E-state index contributed by atoms with van der Waals surface area (Å²) in [7, 11) is 5.97. The number of ether oxygens (including phenoxy) is 4. The van der Waals surface area contributed by atoms with Crippen molar-refractivity contribution in [1.82, 2.24) is 0 Å². The van der Waals surface area contributed by atoms with E-state index >= 15 is 0 Å². The predicted octanol–water partition coefficient (Wildman–Crippen LogP) is 22.0. The first-order chi connectivity index (χ1) is 41.6. The molecule has 0 aliphatic carbocycles. The van der Waals surface area contributed by atoms with E-state index in [1.165, 1.54) is 167 Å². The molecule has 0 aromatic heterocycles. The summed E-state index contributed by atoms with van der Waals surface area (Å²) in [5.41, 5.74) is 0. The molecule has 0 fully saturated rings. The molecule has 0 aromatic carbocycles. The highest BCUT2D eigenvalue weighted by atomic mass is 16.7. The molecule has 0 amide bonds. The van der Waals surface area contributed by atoms with E-state index in [0.29, 0.717) is 23.9 Å². The minimum absolute atomic E-state index is 0.181. The van der Waals surface area contributed by atoms with Gasteiger partial charge in [-0.1, -0.05) is 317 Å². The number of carboxylic acid groups (broad SMARTS) is 1. The van der Waals surface area contributed by atoms with Crippen molar-refractivity contribution in [3.05, 3.63) is 97.2 Å². The highest BCUT2D eigenvalue weighted by Gasteiger charge is 2.25. The lowest BCUT2D eigenvalue weighted by molar-refractivity contribution is -0.870. The van der Waals surface area contributed by atoms with Crippen molar-refractivity contribution in [3.63, 3.8) is 0 Å². The van der Waals surface area contributed by atoms with Gasteiger partial charge in [-0.15, -0.1) is 0 Å². The standard InChI is InChI=1S/C76H133NO8/c1-6-8-10-12-14-16-18-20-22-24-26-28-30-32-34-36-37-39-41-43-45-47-49-51-53-55-57-59-61-63-65-67-74(79)85-72(71-84-76(75(80)81)82-69-68-77(3,4)5)70-83-73(78)66-64-62-60-58-56-54-52-50-48-46-44-42-40-38-35-33-31-29-27-25-23-21-19-17-15-13-11-9-7-2/h8,10,14,16,20,22,26,28,32,34,37,39,43,45,49,51,72,76H,6-7,9,11-13,15,17-19,21,23-25,27,29-31,33,35-36,38,40-42,44,46-48,50,52-71H2,1-5H3/p+1/b10-8-,16-14-,22-20-,28-26-,34-32-,39-37-,45-43-,51-49-. The van der Waals surface area contributed by atoms with E-state index in [9.17, 15) is 19.5 Å². The number of hydrogen-bond donors (Lipinski definition) is 1. The minimum atomic E-state index is -1.52. The van der Waals surface area contributed by atoms with Crippen LogP contribution in [0.1, 0.15) is 309 Å². The Morgan fingerprint density at radius 3 is 1.00 bits per heavy atom. The molecule has 0 aliphatic heterocycles. The van der Waals surface area contributed by atoms with Crippen LogP contribution in [0.15, 0.2) is 97.2 Å². The van der Waals surface area contributed by atoms with Gasteiger partial charge in [0.2, 0.25) is 0 Å². The van der Waals surface area contributed by atoms with Crippen LogP contribution in [0.5, 0.6) is 0 Å². The Labute approximate surface area is 524 Å². The summed E-state index contributed by atoms with van der Waals surface area (Å²) in [5, 5.41) is 9.75. The summed E-state index contributed by atoms with van der Waals surface area (Å²) >= 11 is 0. The van der Waals surface area contributed by atoms with Crippen LogP contribution >= 0.6 is 0 Å². The Bertz CT molecular complexity index is 1720. The van der Waals surface area contributed by atoms with Crippen LogP contribution < -0.4 is 0 Å². The Morgan fingerprint density at radius 1 is 0.365 bits per heavy atom. The van der Waals surface area contributed by atoms with Crippen LogP contribution in [-0.4, -0.2) is 87.4 Å². The van der Waals surface area contributed by atoms with E-state index in [1.807, 2.05) is 21.1 Å². The lowest BCUT2D eigenvalue weighted by Crippen LogP contribution is -2.40. The average Bonchev–Trinajstić information content (AvgIpc) is 3.49. The van der Waals surface area contributed by atoms with E-state index in [2.05, 4.69) is 111 Å². The number of hydrogen-bond acceptors (Lipinski definition) is 7. The quantitative estimate of drug-likeness (QED) is 0.0211. The van der Waals surface area contributed by atoms with Crippen molar-refractivity contribution in [2.24, 2.45) is 0 Å². The zero-order chi connectivity index (χ0) is 61.9. The molecule has 0 heterocycles. The summed E-state index contributed by atoms with van der Waals surface area (Å²) in [6.07, 6.45) is 88.1. The second kappa shape index (κ2) is 66.2. The molecule has 1 N–H and O–H groups in total. The zero-order valence-electron chi connectivity index (χ0n) is 56.0. The highest BCUT2D eigenvalue weighted by molar-refractivity contribution is 5.71. The monoisotopic (exact) mass is 1190 g/mol. The van der Waals surface area contributed by atoms with Crippen LogP contribution in [0.3, 0.4) is 0 Å². The molecule has 490 valence electrons. The normalized spacial score (nSPS) is 13.3. The fourth-order valence-corrected chi connectivity index (χ4v) is 9.97. The van der Waals surface area contributed by atoms with E-state index in [0.717, 1.165) is 109 Å². The van der Waals surface area contributed by atoms with E-state index < -0.39 is 24.3 Å². The molecule has 9 nitrogen and oxygen atoms in total. The summed E-state index contributed by atoms with van der Waals surface area (Å²) in [4.78, 5) is 37.6. The number of aliphatic carboxylic acids is 1. The topological polar surface area (TPSA) is 108 Å². The Hall–Kier alpha value is -3.79. The molecule has 2 unspecified atom stereocenters. The van der Waals surface area contributed by atoms with Crippen molar-refractivity contribution < 1.29 is 42.9 Å². The van der Waals surface area contributed by atoms with Crippen molar-refractivity contribution in [1.29, 1.82) is 0 Å². The lowest BCUT2D eigenvalue weighted by atomic mass is 10.0. The summed E-state index contributed by atoms with van der Waals surface area (Å²) in [5.74, 6) is -2.02. The second-order valence-electron chi connectivity index (χ2n) is 24.8. The van der Waals surface area contributed by atoms with Crippen molar-refractivity contribution in [2.75, 3.05) is 47.5 Å². The summed E-state index contributed by atoms with van der Waals surface area (Å²) < 4.78 is 23.0. The fraction of sp³-hybridized carbons (Fsp3) is 0.750. The van der Waals surface area contributed by atoms with Gasteiger partial charge in [-0.25, -0.2) is 4.79 Å². The molecule has 85 heavy (non-hydrogen) atoms. The number of nitrogens with zero attached hydrogens (tertiary/aromatic N) is 1. The first-order valence-electron chi connectivity index (χ1n) is 35.4. The van der Waals surface area contributed by atoms with Gasteiger partial charge in [0.1, 0.15) is 13.2 Å². The van der Waals surface area contributed by atoms with Crippen molar-refractivity contribution in [2.45, 2.75) is 322 Å². The molecule has 0 radical (unpaired) electrons. The van der Waals surface area contributed by atoms with E-state index in [-0.39, 0.29) is 32.2 Å². The SMILES string of the molecule is CC/C=C\C/C=C\C/C=C\C/C=C\C/C=C\C/C=C\C/C=C\C/C=C\CCCCCCCCC(=O)OC(COC(=O)CCCCCCCCCCCCCCCCCCCCCCCCCCCCCCC)COC(OCC[N+](C)(C)C)C(=O)O. The molecule has 0 bridgehead atoms. The van der Waals surface area contributed by atoms with Crippen LogP contribution in [0, 0.1) is 0 Å². The van der Waals surface area contributed by atoms with Crippen LogP contribution in [0.25, 0.3) is 0 Å². The molecule has 0 rings (SSSR count). The highest BCUT2D eigenvalue weighted by Crippen LogP contribution is 2.18. The van der Waals surface area contributed by atoms with E-state index in [4.69, 9.17) is 18.9 Å². The van der Waals surface area contributed by atoms with E-state index in [1.54, 1.807) is 0 Å². The maximum absolute atomic E-state index is 12.9. The Kier molecular flexibility index (Phi) is 63.2. The van der Waals surface area contributed by atoms with Gasteiger partial charge >= 0.3 is 17.9 Å². The number of unbranched alkanes of at least 4 members (excludes halogenated alkanes) is 34. The van der Waals surface area contributed by atoms with Crippen molar-refractivity contribution >= 4 is 17.9 Å². The molecule has 0 spiro atoms. The van der Waals surface area contributed by atoms with Gasteiger partial charge in [-0.05, 0) is 77.0 Å². The van der Waals surface area contributed by atoms with Crippen LogP contribution in [-0.2, 0) is 33.3 Å². The van der Waals surface area contributed by atoms with Gasteiger partial charge in [0, 0.05) is 12.8 Å². The number of carbonyl (C=O) groups excluding carboxylic acids is 2. The minimum Gasteiger partial charge on any atom is -0.477 e. The first-order valence-corrected chi connectivity index (χ1v) is 35.4. The van der Waals surface area contributed by atoms with Gasteiger partial charge in [0.25, 0.3) is 6.29 Å². The first kappa shape index (κ1) is 81.2. The molecule has 9 heteroatoms. The number of allylic oxidation sites excluding steroid dienone is 16. The Morgan fingerprint density at radius 2 is 0.671 bits per heavy atom. The molecule has 0 saturated carbocycles. The van der Waals surface area contributed by atoms with Gasteiger partial charge in [-0.3, -0.25) is 9.59 Å². The molecule has 0 saturated heterocycles. The van der Waals surface area contributed by atoms with Gasteiger partial charge in [0.05, 0.1) is 34.4 Å². The zero-order valence-corrected chi connectivity index (χ0v) is 56.0. The predicted molar refractivity (Wildman–Crippen MR) is 364 cm³/mol. The second-order valence-corrected chi connectivity index (χ2v) is 24.8. The maximum Gasteiger partial charge on any atom is 0.361 e.